The third-order valence-corrected chi connectivity index (χ3v) is 7.30. The molecular weight excluding hydrogens is 288 g/mol. The lowest BCUT2D eigenvalue weighted by molar-refractivity contribution is -0.195. The Kier molecular flexibility index (Phi) is 4.17. The zero-order valence-corrected chi connectivity index (χ0v) is 15.0. The molecule has 1 aromatic heterocycles. The molecule has 3 rings (SSSR count). The number of furan rings is 1. The van der Waals surface area contributed by atoms with Crippen LogP contribution in [-0.2, 0) is 6.42 Å². The average Bonchev–Trinajstić information content (AvgIpc) is 2.95. The number of aliphatic hydroxyl groups is 2. The number of rotatable bonds is 3. The molecule has 5 atom stereocenters. The van der Waals surface area contributed by atoms with Crippen molar-refractivity contribution in [2.24, 2.45) is 22.7 Å². The predicted octanol–water partition coefficient (Wildman–Crippen LogP) is 4.18. The standard InChI is InChI=1S/C20H32O3/c1-18(2)15-7-11-20(4,22)16(6-5-14-9-12-23-13-14)19(15,3)10-8-17(18)21/h9,12-13,15-17,21-22H,5-8,10-11H2,1-4H3. The zero-order valence-electron chi connectivity index (χ0n) is 15.0. The van der Waals surface area contributed by atoms with Crippen LogP contribution in [0.4, 0.5) is 0 Å². The lowest BCUT2D eigenvalue weighted by atomic mass is 9.44. The van der Waals surface area contributed by atoms with Gasteiger partial charge in [0.25, 0.3) is 0 Å². The molecule has 1 heterocycles. The highest BCUT2D eigenvalue weighted by Crippen LogP contribution is 2.62. The van der Waals surface area contributed by atoms with Gasteiger partial charge in [-0.25, -0.2) is 0 Å². The Morgan fingerprint density at radius 2 is 1.91 bits per heavy atom. The minimum absolute atomic E-state index is 0.0720. The normalized spacial score (nSPS) is 43.1. The van der Waals surface area contributed by atoms with Crippen molar-refractivity contribution in [3.8, 4) is 0 Å². The summed E-state index contributed by atoms with van der Waals surface area (Å²) < 4.78 is 5.19. The van der Waals surface area contributed by atoms with Crippen molar-refractivity contribution in [2.75, 3.05) is 0 Å². The summed E-state index contributed by atoms with van der Waals surface area (Å²) in [6, 6.07) is 2.02. The fourth-order valence-electron chi connectivity index (χ4n) is 5.90. The Labute approximate surface area is 140 Å². The van der Waals surface area contributed by atoms with Crippen molar-refractivity contribution in [2.45, 2.75) is 77.9 Å². The van der Waals surface area contributed by atoms with Gasteiger partial charge < -0.3 is 14.6 Å². The highest BCUT2D eigenvalue weighted by Gasteiger charge is 2.59. The van der Waals surface area contributed by atoms with Gasteiger partial charge in [-0.2, -0.15) is 0 Å². The third kappa shape index (κ3) is 2.76. The quantitative estimate of drug-likeness (QED) is 0.878. The topological polar surface area (TPSA) is 53.6 Å². The van der Waals surface area contributed by atoms with Crippen LogP contribution in [0.2, 0.25) is 0 Å². The monoisotopic (exact) mass is 320 g/mol. The van der Waals surface area contributed by atoms with E-state index < -0.39 is 5.60 Å². The highest BCUT2D eigenvalue weighted by molar-refractivity contribution is 5.11. The second kappa shape index (κ2) is 5.63. The molecule has 2 aliphatic carbocycles. The zero-order chi connectivity index (χ0) is 16.9. The number of aliphatic hydroxyl groups excluding tert-OH is 1. The second-order valence-electron chi connectivity index (χ2n) is 9.05. The van der Waals surface area contributed by atoms with Gasteiger partial charge in [0.2, 0.25) is 0 Å². The molecule has 2 aliphatic rings. The van der Waals surface area contributed by atoms with Gasteiger partial charge in [0, 0.05) is 0 Å². The summed E-state index contributed by atoms with van der Waals surface area (Å²) >= 11 is 0. The Morgan fingerprint density at radius 3 is 2.57 bits per heavy atom. The van der Waals surface area contributed by atoms with E-state index in [4.69, 9.17) is 4.42 Å². The van der Waals surface area contributed by atoms with Crippen LogP contribution < -0.4 is 0 Å². The van der Waals surface area contributed by atoms with Crippen LogP contribution in [0.1, 0.15) is 65.4 Å². The maximum atomic E-state index is 11.1. The van der Waals surface area contributed by atoms with Crippen molar-refractivity contribution in [1.29, 1.82) is 0 Å². The fraction of sp³-hybridized carbons (Fsp3) is 0.800. The molecule has 2 saturated carbocycles. The molecule has 0 saturated heterocycles. The van der Waals surface area contributed by atoms with E-state index in [1.165, 1.54) is 5.56 Å². The number of hydrogen-bond donors (Lipinski definition) is 2. The van der Waals surface area contributed by atoms with E-state index in [2.05, 4.69) is 20.8 Å². The molecular formula is C20H32O3. The molecule has 2 fully saturated rings. The molecule has 3 nitrogen and oxygen atoms in total. The van der Waals surface area contributed by atoms with Gasteiger partial charge in [-0.3, -0.25) is 0 Å². The molecule has 0 aliphatic heterocycles. The number of hydrogen-bond acceptors (Lipinski definition) is 3. The van der Waals surface area contributed by atoms with Gasteiger partial charge in [0.15, 0.2) is 0 Å². The van der Waals surface area contributed by atoms with E-state index >= 15 is 0 Å². The van der Waals surface area contributed by atoms with E-state index in [1.54, 1.807) is 6.26 Å². The molecule has 130 valence electrons. The SMILES string of the molecule is CC1(O)CCC2C(C)(C)C(O)CCC2(C)C1CCc1ccoc1. The van der Waals surface area contributed by atoms with Crippen molar-refractivity contribution in [3.63, 3.8) is 0 Å². The Morgan fingerprint density at radius 1 is 1.17 bits per heavy atom. The molecule has 3 heteroatoms. The third-order valence-electron chi connectivity index (χ3n) is 7.30. The van der Waals surface area contributed by atoms with Crippen LogP contribution >= 0.6 is 0 Å². The van der Waals surface area contributed by atoms with E-state index in [1.807, 2.05) is 19.3 Å². The van der Waals surface area contributed by atoms with Gasteiger partial charge in [0.1, 0.15) is 0 Å². The molecule has 0 radical (unpaired) electrons. The largest absolute Gasteiger partial charge is 0.472 e. The summed E-state index contributed by atoms with van der Waals surface area (Å²) in [7, 11) is 0. The predicted molar refractivity (Wildman–Crippen MR) is 91.0 cm³/mol. The first-order chi connectivity index (χ1) is 10.7. The van der Waals surface area contributed by atoms with Crippen LogP contribution in [0.3, 0.4) is 0 Å². The smallest absolute Gasteiger partial charge is 0.0934 e. The van der Waals surface area contributed by atoms with Crippen molar-refractivity contribution >= 4 is 0 Å². The van der Waals surface area contributed by atoms with Crippen LogP contribution in [0.15, 0.2) is 23.0 Å². The maximum Gasteiger partial charge on any atom is 0.0934 e. The molecule has 0 aromatic carbocycles. The minimum atomic E-state index is -0.618. The lowest BCUT2D eigenvalue weighted by Crippen LogP contribution is -2.60. The van der Waals surface area contributed by atoms with Gasteiger partial charge in [-0.1, -0.05) is 20.8 Å². The first kappa shape index (κ1) is 17.0. The van der Waals surface area contributed by atoms with E-state index in [-0.39, 0.29) is 22.9 Å². The van der Waals surface area contributed by atoms with Crippen LogP contribution in [0.25, 0.3) is 0 Å². The lowest BCUT2D eigenvalue weighted by Gasteiger charge is -2.62. The number of aryl methyl sites for hydroxylation is 1. The van der Waals surface area contributed by atoms with Gasteiger partial charge >= 0.3 is 0 Å². The minimum Gasteiger partial charge on any atom is -0.472 e. The molecule has 2 N–H and O–H groups in total. The van der Waals surface area contributed by atoms with Gasteiger partial charge in [-0.15, -0.1) is 0 Å². The Bertz CT molecular complexity index is 531. The fourth-order valence-corrected chi connectivity index (χ4v) is 5.90. The van der Waals surface area contributed by atoms with E-state index in [0.717, 1.165) is 38.5 Å². The molecule has 0 spiro atoms. The average molecular weight is 320 g/mol. The highest BCUT2D eigenvalue weighted by atomic mass is 16.3. The molecule has 5 unspecified atom stereocenters. The van der Waals surface area contributed by atoms with Crippen molar-refractivity contribution in [3.05, 3.63) is 24.2 Å². The first-order valence-electron chi connectivity index (χ1n) is 9.09. The van der Waals surface area contributed by atoms with Crippen LogP contribution in [-0.4, -0.2) is 21.9 Å². The Balaban J connectivity index is 1.87. The Hall–Kier alpha value is -0.800. The molecule has 0 amide bonds. The summed E-state index contributed by atoms with van der Waals surface area (Å²) in [6.45, 7) is 8.81. The summed E-state index contributed by atoms with van der Waals surface area (Å²) in [5.41, 5.74) is 0.612. The number of fused-ring (bicyclic) bond motifs is 1. The molecule has 1 aromatic rings. The van der Waals surface area contributed by atoms with Crippen molar-refractivity contribution < 1.29 is 14.6 Å². The van der Waals surface area contributed by atoms with Crippen LogP contribution in [0.5, 0.6) is 0 Å². The maximum absolute atomic E-state index is 11.1. The molecule has 0 bridgehead atoms. The summed E-state index contributed by atoms with van der Waals surface area (Å²) in [5.74, 6) is 0.726. The van der Waals surface area contributed by atoms with Crippen molar-refractivity contribution in [1.82, 2.24) is 0 Å². The van der Waals surface area contributed by atoms with E-state index in [9.17, 15) is 10.2 Å². The van der Waals surface area contributed by atoms with Gasteiger partial charge in [-0.05, 0) is 79.7 Å². The summed E-state index contributed by atoms with van der Waals surface area (Å²) in [4.78, 5) is 0. The summed E-state index contributed by atoms with van der Waals surface area (Å²) in [6.07, 6.45) is 8.93. The first-order valence-corrected chi connectivity index (χ1v) is 9.09. The van der Waals surface area contributed by atoms with E-state index in [0.29, 0.717) is 5.92 Å². The second-order valence-corrected chi connectivity index (χ2v) is 9.05. The molecule has 23 heavy (non-hydrogen) atoms. The summed E-state index contributed by atoms with van der Waals surface area (Å²) in [5, 5.41) is 21.6. The van der Waals surface area contributed by atoms with Gasteiger partial charge in [0.05, 0.1) is 24.2 Å². The van der Waals surface area contributed by atoms with Crippen LogP contribution in [0, 0.1) is 22.7 Å².